The summed E-state index contributed by atoms with van der Waals surface area (Å²) in [5.74, 6) is -1.19. The lowest BCUT2D eigenvalue weighted by molar-refractivity contribution is -0.145. The van der Waals surface area contributed by atoms with Crippen LogP contribution in [0, 0.1) is 23.7 Å². The molecule has 1 aromatic rings. The van der Waals surface area contributed by atoms with Gasteiger partial charge in [-0.1, -0.05) is 95.2 Å². The largest absolute Gasteiger partial charge is 0.461 e. The van der Waals surface area contributed by atoms with Crippen LogP contribution in [0.2, 0.25) is 0 Å². The molecule has 0 radical (unpaired) electrons. The molecule has 0 bridgehead atoms. The quantitative estimate of drug-likeness (QED) is 0.0156. The number of benzene rings is 1. The Morgan fingerprint density at radius 2 is 1.59 bits per heavy atom. The zero-order valence-corrected chi connectivity index (χ0v) is 44.8. The Bertz CT molecular complexity index is 2060. The van der Waals surface area contributed by atoms with Gasteiger partial charge >= 0.3 is 12.0 Å². The first-order chi connectivity index (χ1) is 34.7. The number of amides is 4. The van der Waals surface area contributed by atoms with Crippen molar-refractivity contribution >= 4 is 41.2 Å². The highest BCUT2D eigenvalue weighted by Gasteiger charge is 2.51. The number of unbranched alkanes of at least 4 members (excludes halogenated alkanes) is 2. The molecule has 0 saturated carbocycles. The van der Waals surface area contributed by atoms with Gasteiger partial charge in [-0.2, -0.15) is 0 Å². The van der Waals surface area contributed by atoms with E-state index in [1.54, 1.807) is 30.3 Å². The number of nitrogens with one attached hydrogen (secondary N) is 3. The maximum Gasteiger partial charge on any atom is 0.312 e. The number of nitrogens with two attached hydrogens (primary N) is 2. The molecule has 0 aliphatic carbocycles. The first kappa shape index (κ1) is 60.5. The maximum absolute atomic E-state index is 13.6. The van der Waals surface area contributed by atoms with E-state index in [0.29, 0.717) is 50.3 Å². The van der Waals surface area contributed by atoms with Crippen molar-refractivity contribution in [3.05, 3.63) is 71.3 Å². The second-order valence-electron chi connectivity index (χ2n) is 21.4. The predicted molar refractivity (Wildman–Crippen MR) is 281 cm³/mol. The summed E-state index contributed by atoms with van der Waals surface area (Å²) in [6, 6.07) is 5.55. The summed E-state index contributed by atoms with van der Waals surface area (Å²) in [6.07, 6.45) is 16.8. The van der Waals surface area contributed by atoms with Gasteiger partial charge in [0.25, 0.3) is 0 Å². The SMILES string of the molecule is CC(/C=C/[C@@H]1C[C@]2(CO2)C[C@@H](CC(=O)CCCC(=O)OCc2ccc(CC(=O)[C@H](CCCNC(N)=O)NC(=O)[C@@H](CC(=O)CCCCCN)C(C)C)cc2)O1)=C\C[C@@H]1O[C@H](C)[C@H](NC(=O)/C=C\C(C)C)C[C@@H]1C. The zero-order valence-electron chi connectivity index (χ0n) is 44.8. The lowest BCUT2D eigenvalue weighted by Gasteiger charge is -2.39. The Labute approximate surface area is 434 Å². The van der Waals surface area contributed by atoms with Gasteiger partial charge in [0.05, 0.1) is 48.7 Å². The summed E-state index contributed by atoms with van der Waals surface area (Å²) in [5, 5.41) is 8.53. The van der Waals surface area contributed by atoms with Gasteiger partial charge in [-0.05, 0) is 100 Å². The molecule has 1 aromatic carbocycles. The number of ketones is 3. The third kappa shape index (κ3) is 23.0. The highest BCUT2D eigenvalue weighted by atomic mass is 16.6. The molecule has 73 heavy (non-hydrogen) atoms. The second-order valence-corrected chi connectivity index (χ2v) is 21.4. The highest BCUT2D eigenvalue weighted by Crippen LogP contribution is 2.43. The monoisotopic (exact) mass is 1020 g/mol. The normalized spacial score (nSPS) is 23.9. The van der Waals surface area contributed by atoms with E-state index in [4.69, 9.17) is 30.4 Å². The van der Waals surface area contributed by atoms with E-state index in [1.165, 1.54) is 0 Å². The standard InChI is InChI=1S/C57H87N5O11/c1-37(2)17-26-53(66)61-50-29-40(6)52(72-41(50)7)25-19-39(5)18-24-46-33-57(36-71-57)34-47(73-46)31-44(63)14-11-16-54(67)70-35-43-22-20-42(21-23-43)30-51(65)49(15-12-28-60-56(59)69)62-55(68)48(38(3)4)32-45(64)13-9-8-10-27-58/h17-24,26,37-38,40-41,46-50,52H,8-16,25,27-36,58H2,1-7H3,(H,61,66)(H,62,68)(H3,59,60,69)/b24-18+,26-17-,39-19+/t40-,41+,46+,47+,48-,49-,50+,52-,57+/m0/s1. The third-order valence-corrected chi connectivity index (χ3v) is 14.0. The van der Waals surface area contributed by atoms with Gasteiger partial charge in [0.2, 0.25) is 11.8 Å². The number of esters is 1. The fraction of sp³-hybridized carbons (Fsp3) is 0.667. The molecule has 4 amide bonds. The zero-order chi connectivity index (χ0) is 53.5. The lowest BCUT2D eigenvalue weighted by atomic mass is 9.88. The molecule has 0 aromatic heterocycles. The number of hydrogen-bond acceptors (Lipinski definition) is 12. The number of urea groups is 1. The molecule has 1 spiro atoms. The van der Waals surface area contributed by atoms with Gasteiger partial charge in [-0.3, -0.25) is 28.8 Å². The number of allylic oxidation sites excluding steroid dienone is 3. The third-order valence-electron chi connectivity index (χ3n) is 14.0. The minimum atomic E-state index is -0.843. The van der Waals surface area contributed by atoms with Crippen molar-refractivity contribution in [3.8, 4) is 0 Å². The summed E-state index contributed by atoms with van der Waals surface area (Å²) in [6.45, 7) is 15.6. The van der Waals surface area contributed by atoms with Crippen molar-refractivity contribution in [2.24, 2.45) is 35.1 Å². The van der Waals surface area contributed by atoms with E-state index >= 15 is 0 Å². The molecule has 16 nitrogen and oxygen atoms in total. The van der Waals surface area contributed by atoms with Gasteiger partial charge in [-0.15, -0.1) is 0 Å². The number of epoxide rings is 1. The number of rotatable bonds is 32. The predicted octanol–water partition coefficient (Wildman–Crippen LogP) is 7.37. The molecule has 16 heteroatoms. The van der Waals surface area contributed by atoms with Crippen molar-refractivity contribution in [1.82, 2.24) is 16.0 Å². The average Bonchev–Trinajstić information content (AvgIpc) is 4.08. The Balaban J connectivity index is 1.18. The smallest absolute Gasteiger partial charge is 0.312 e. The van der Waals surface area contributed by atoms with Gasteiger partial charge in [0.1, 0.15) is 18.2 Å². The van der Waals surface area contributed by atoms with Crippen LogP contribution in [0.4, 0.5) is 4.79 Å². The molecular weight excluding hydrogens is 931 g/mol. The molecule has 9 atom stereocenters. The molecule has 3 heterocycles. The van der Waals surface area contributed by atoms with Crippen LogP contribution >= 0.6 is 0 Å². The topological polar surface area (TPSA) is 248 Å². The van der Waals surface area contributed by atoms with Crippen LogP contribution in [0.5, 0.6) is 0 Å². The van der Waals surface area contributed by atoms with E-state index < -0.39 is 24.0 Å². The van der Waals surface area contributed by atoms with E-state index in [9.17, 15) is 33.6 Å². The molecule has 3 saturated heterocycles. The number of Topliss-reactive ketones (excluding diaryl/α,β-unsaturated/α-hetero) is 3. The van der Waals surface area contributed by atoms with Crippen LogP contribution in [0.3, 0.4) is 0 Å². The number of carbonyl (C=O) groups excluding carboxylic acids is 7. The van der Waals surface area contributed by atoms with E-state index in [2.05, 4.69) is 48.0 Å². The minimum Gasteiger partial charge on any atom is -0.461 e. The number of primary amides is 1. The van der Waals surface area contributed by atoms with Crippen LogP contribution in [-0.2, 0) is 60.7 Å². The maximum atomic E-state index is 13.6. The van der Waals surface area contributed by atoms with Crippen molar-refractivity contribution in [1.29, 1.82) is 0 Å². The van der Waals surface area contributed by atoms with Crippen LogP contribution in [0.15, 0.2) is 60.2 Å². The fourth-order valence-corrected chi connectivity index (χ4v) is 9.46. The van der Waals surface area contributed by atoms with E-state index in [-0.39, 0.29) is 129 Å². The Morgan fingerprint density at radius 3 is 2.26 bits per heavy atom. The summed E-state index contributed by atoms with van der Waals surface area (Å²) in [4.78, 5) is 89.4. The van der Waals surface area contributed by atoms with Gasteiger partial charge in [0.15, 0.2) is 5.78 Å². The Morgan fingerprint density at radius 1 is 0.877 bits per heavy atom. The summed E-state index contributed by atoms with van der Waals surface area (Å²) in [7, 11) is 0. The fourth-order valence-electron chi connectivity index (χ4n) is 9.46. The van der Waals surface area contributed by atoms with E-state index in [0.717, 1.165) is 49.7 Å². The van der Waals surface area contributed by atoms with Crippen LogP contribution < -0.4 is 27.4 Å². The number of carbonyl (C=O) groups is 7. The molecule has 3 fully saturated rings. The summed E-state index contributed by atoms with van der Waals surface area (Å²) < 4.78 is 24.1. The van der Waals surface area contributed by atoms with Gasteiger partial charge in [0, 0.05) is 63.8 Å². The minimum absolute atomic E-state index is 0.00363. The number of hydrogen-bond donors (Lipinski definition) is 5. The van der Waals surface area contributed by atoms with Crippen molar-refractivity contribution in [3.63, 3.8) is 0 Å². The summed E-state index contributed by atoms with van der Waals surface area (Å²) >= 11 is 0. The Hall–Kier alpha value is -5.03. The van der Waals surface area contributed by atoms with Gasteiger partial charge in [-0.25, -0.2) is 4.79 Å². The van der Waals surface area contributed by atoms with Crippen LogP contribution in [0.1, 0.15) is 156 Å². The van der Waals surface area contributed by atoms with Crippen molar-refractivity contribution in [2.75, 3.05) is 19.7 Å². The molecule has 3 aliphatic rings. The Kier molecular flexibility index (Phi) is 25.7. The van der Waals surface area contributed by atoms with Crippen LogP contribution in [0.25, 0.3) is 0 Å². The molecule has 7 N–H and O–H groups in total. The molecule has 406 valence electrons. The second kappa shape index (κ2) is 31.0. The van der Waals surface area contributed by atoms with Gasteiger partial charge < -0.3 is 46.4 Å². The van der Waals surface area contributed by atoms with Crippen molar-refractivity contribution < 1.29 is 52.5 Å². The lowest BCUT2D eigenvalue weighted by Crippen LogP contribution is -2.50. The summed E-state index contributed by atoms with van der Waals surface area (Å²) in [5.41, 5.74) is 13.0. The molecule has 4 rings (SSSR count). The first-order valence-electron chi connectivity index (χ1n) is 26.9. The average molecular weight is 1020 g/mol. The number of ether oxygens (including phenoxy) is 4. The van der Waals surface area contributed by atoms with Crippen molar-refractivity contribution in [2.45, 2.75) is 200 Å². The van der Waals surface area contributed by atoms with Crippen LogP contribution in [-0.4, -0.2) is 103 Å². The molecule has 3 aliphatic heterocycles. The molecular formula is C57H87N5O11. The molecule has 0 unspecified atom stereocenters. The highest BCUT2D eigenvalue weighted by molar-refractivity contribution is 5.93. The van der Waals surface area contributed by atoms with E-state index in [1.807, 2.05) is 40.7 Å². The first-order valence-corrected chi connectivity index (χ1v) is 26.9.